The van der Waals surface area contributed by atoms with Crippen molar-refractivity contribution in [3.8, 4) is 0 Å². The number of rotatable bonds is 1. The van der Waals surface area contributed by atoms with Crippen LogP contribution in [0.4, 0.5) is 10.5 Å². The van der Waals surface area contributed by atoms with Crippen molar-refractivity contribution in [2.45, 2.75) is 0 Å². The minimum Gasteiger partial charge on any atom is -0.351 e. The van der Waals surface area contributed by atoms with Crippen LogP contribution in [0.25, 0.3) is 0 Å². The quantitative estimate of drug-likeness (QED) is 0.815. The third-order valence-corrected chi connectivity index (χ3v) is 1.80. The van der Waals surface area contributed by atoms with E-state index in [1.54, 1.807) is 42.7 Å². The van der Waals surface area contributed by atoms with E-state index in [-0.39, 0.29) is 0 Å². The molecule has 2 rings (SSSR count). The molecule has 0 atom stereocenters. The van der Waals surface area contributed by atoms with Gasteiger partial charge in [0.1, 0.15) is 6.33 Å². The van der Waals surface area contributed by atoms with Gasteiger partial charge < -0.3 is 11.1 Å². The predicted molar refractivity (Wildman–Crippen MR) is 66.7 cm³/mol. The molecular weight excluding hydrogens is 240 g/mol. The number of aromatic nitrogens is 2. The highest BCUT2D eigenvalue weighted by atomic mass is 35.5. The number of nitrogens with zero attached hydrogens (tertiary/aromatic N) is 2. The molecule has 2 aromatic rings. The molecule has 0 bridgehead atoms. The van der Waals surface area contributed by atoms with Crippen LogP contribution < -0.4 is 11.1 Å². The number of benzene rings is 1. The van der Waals surface area contributed by atoms with Gasteiger partial charge in [0.15, 0.2) is 0 Å². The van der Waals surface area contributed by atoms with Gasteiger partial charge in [-0.3, -0.25) is 0 Å². The summed E-state index contributed by atoms with van der Waals surface area (Å²) in [6, 6.07) is 7.96. The van der Waals surface area contributed by atoms with Gasteiger partial charge in [0.05, 0.1) is 0 Å². The number of anilines is 1. The number of carbonyl (C=O) groups excluding carboxylic acids is 1. The maximum atomic E-state index is 10.3. The molecule has 6 heteroatoms. The summed E-state index contributed by atoms with van der Waals surface area (Å²) >= 11 is 5.64. The molecule has 5 nitrogen and oxygen atoms in total. The Balaban J connectivity index is 0.000000202. The van der Waals surface area contributed by atoms with Crippen LogP contribution in [0.15, 0.2) is 49.1 Å². The van der Waals surface area contributed by atoms with E-state index >= 15 is 0 Å². The van der Waals surface area contributed by atoms with Crippen molar-refractivity contribution in [1.82, 2.24) is 9.97 Å². The third-order valence-electron chi connectivity index (χ3n) is 1.57. The van der Waals surface area contributed by atoms with Gasteiger partial charge in [-0.2, -0.15) is 0 Å². The van der Waals surface area contributed by atoms with Gasteiger partial charge in [0.2, 0.25) is 0 Å². The average Bonchev–Trinajstić information content (AvgIpc) is 2.31. The van der Waals surface area contributed by atoms with E-state index in [4.69, 9.17) is 17.3 Å². The standard InChI is InChI=1S/C7H7ClN2O.C4H4N2/c8-5-2-1-3-6(4-5)10-7(9)11;1-2-5-4-6-3-1/h1-4H,(H3,9,10,11);1-4H. The number of primary amides is 1. The van der Waals surface area contributed by atoms with Crippen molar-refractivity contribution in [2.24, 2.45) is 5.73 Å². The van der Waals surface area contributed by atoms with Crippen LogP contribution in [-0.4, -0.2) is 16.0 Å². The minimum absolute atomic E-state index is 0.566. The first-order chi connectivity index (χ1) is 8.18. The Kier molecular flexibility index (Phi) is 5.46. The first-order valence-corrected chi connectivity index (χ1v) is 5.08. The van der Waals surface area contributed by atoms with Crippen LogP contribution in [0.5, 0.6) is 0 Å². The predicted octanol–water partition coefficient (Wildman–Crippen LogP) is 2.31. The fourth-order valence-corrected chi connectivity index (χ4v) is 1.15. The van der Waals surface area contributed by atoms with E-state index in [2.05, 4.69) is 15.3 Å². The van der Waals surface area contributed by atoms with Crippen molar-refractivity contribution in [3.05, 3.63) is 54.1 Å². The van der Waals surface area contributed by atoms with Crippen molar-refractivity contribution in [3.63, 3.8) is 0 Å². The summed E-state index contributed by atoms with van der Waals surface area (Å²) in [5.74, 6) is 0. The number of carbonyl (C=O) groups is 1. The molecule has 17 heavy (non-hydrogen) atoms. The number of nitrogens with two attached hydrogens (primary N) is 1. The summed E-state index contributed by atoms with van der Waals surface area (Å²) in [5, 5.41) is 2.97. The van der Waals surface area contributed by atoms with Crippen LogP contribution in [0.1, 0.15) is 0 Å². The van der Waals surface area contributed by atoms with Gasteiger partial charge in [0, 0.05) is 23.1 Å². The van der Waals surface area contributed by atoms with Crippen molar-refractivity contribution in [2.75, 3.05) is 5.32 Å². The first kappa shape index (κ1) is 12.9. The highest BCUT2D eigenvalue weighted by Gasteiger charge is 1.94. The molecule has 0 fully saturated rings. The largest absolute Gasteiger partial charge is 0.351 e. The summed E-state index contributed by atoms with van der Waals surface area (Å²) in [4.78, 5) is 17.7. The molecule has 3 N–H and O–H groups in total. The molecule has 1 aromatic carbocycles. The van der Waals surface area contributed by atoms with Crippen molar-refractivity contribution in [1.29, 1.82) is 0 Å². The highest BCUT2D eigenvalue weighted by Crippen LogP contribution is 2.14. The number of amides is 2. The lowest BCUT2D eigenvalue weighted by atomic mass is 10.3. The van der Waals surface area contributed by atoms with E-state index < -0.39 is 6.03 Å². The maximum absolute atomic E-state index is 10.3. The van der Waals surface area contributed by atoms with Crippen molar-refractivity contribution >= 4 is 23.3 Å². The Bertz CT molecular complexity index is 437. The molecule has 0 aliphatic heterocycles. The number of halogens is 1. The van der Waals surface area contributed by atoms with Gasteiger partial charge in [-0.05, 0) is 24.3 Å². The van der Waals surface area contributed by atoms with Crippen LogP contribution in [0, 0.1) is 0 Å². The van der Waals surface area contributed by atoms with Gasteiger partial charge >= 0.3 is 6.03 Å². The lowest BCUT2D eigenvalue weighted by molar-refractivity contribution is 0.259. The number of hydrogen-bond acceptors (Lipinski definition) is 3. The zero-order valence-electron chi connectivity index (χ0n) is 8.88. The molecule has 0 aliphatic carbocycles. The Morgan fingerprint density at radius 1 is 1.24 bits per heavy atom. The van der Waals surface area contributed by atoms with E-state index in [0.29, 0.717) is 10.7 Å². The fourth-order valence-electron chi connectivity index (χ4n) is 0.962. The summed E-state index contributed by atoms with van der Waals surface area (Å²) in [7, 11) is 0. The second kappa shape index (κ2) is 7.19. The minimum atomic E-state index is -0.590. The summed E-state index contributed by atoms with van der Waals surface area (Å²) in [6.07, 6.45) is 4.88. The lowest BCUT2D eigenvalue weighted by Gasteiger charge is -1.99. The van der Waals surface area contributed by atoms with Gasteiger partial charge in [-0.15, -0.1) is 0 Å². The molecule has 88 valence electrons. The third kappa shape index (κ3) is 6.11. The monoisotopic (exact) mass is 250 g/mol. The first-order valence-electron chi connectivity index (χ1n) is 4.70. The fraction of sp³-hybridized carbons (Fsp3) is 0. The Morgan fingerprint density at radius 3 is 2.35 bits per heavy atom. The molecule has 2 amide bonds. The molecule has 0 aliphatic rings. The SMILES string of the molecule is NC(=O)Nc1cccc(Cl)c1.c1cncnc1. The Hall–Kier alpha value is -2.14. The second-order valence-corrected chi connectivity index (χ2v) is 3.34. The lowest BCUT2D eigenvalue weighted by Crippen LogP contribution is -2.19. The van der Waals surface area contributed by atoms with E-state index in [1.165, 1.54) is 6.33 Å². The molecule has 0 radical (unpaired) electrons. The zero-order chi connectivity index (χ0) is 12.5. The second-order valence-electron chi connectivity index (χ2n) is 2.90. The van der Waals surface area contributed by atoms with Crippen LogP contribution in [-0.2, 0) is 0 Å². The number of nitrogens with one attached hydrogen (secondary N) is 1. The van der Waals surface area contributed by atoms with Gasteiger partial charge in [0.25, 0.3) is 0 Å². The molecule has 0 spiro atoms. The van der Waals surface area contributed by atoms with Crippen LogP contribution in [0.2, 0.25) is 5.02 Å². The topological polar surface area (TPSA) is 80.9 Å². The normalized spacial score (nSPS) is 8.76. The molecule has 1 aromatic heterocycles. The number of hydrogen-bond donors (Lipinski definition) is 2. The molecular formula is C11H11ClN4O. The van der Waals surface area contributed by atoms with E-state index in [1.807, 2.05) is 0 Å². The Morgan fingerprint density at radius 2 is 1.94 bits per heavy atom. The summed E-state index contributed by atoms with van der Waals surface area (Å²) in [5.41, 5.74) is 5.48. The molecule has 0 saturated heterocycles. The van der Waals surface area contributed by atoms with E-state index in [9.17, 15) is 4.79 Å². The smallest absolute Gasteiger partial charge is 0.316 e. The number of urea groups is 1. The molecule has 0 saturated carbocycles. The average molecular weight is 251 g/mol. The van der Waals surface area contributed by atoms with Gasteiger partial charge in [-0.1, -0.05) is 17.7 Å². The highest BCUT2D eigenvalue weighted by molar-refractivity contribution is 6.30. The van der Waals surface area contributed by atoms with Gasteiger partial charge in [-0.25, -0.2) is 14.8 Å². The van der Waals surface area contributed by atoms with Crippen LogP contribution >= 0.6 is 11.6 Å². The van der Waals surface area contributed by atoms with Crippen LogP contribution in [0.3, 0.4) is 0 Å². The molecule has 1 heterocycles. The summed E-state index contributed by atoms with van der Waals surface area (Å²) < 4.78 is 0. The van der Waals surface area contributed by atoms with Crippen molar-refractivity contribution < 1.29 is 4.79 Å². The van der Waals surface area contributed by atoms with E-state index in [0.717, 1.165) is 0 Å². The maximum Gasteiger partial charge on any atom is 0.316 e. The summed E-state index contributed by atoms with van der Waals surface area (Å²) in [6.45, 7) is 0. The molecule has 0 unspecified atom stereocenters. The zero-order valence-corrected chi connectivity index (χ0v) is 9.63. The Labute approximate surface area is 104 Å².